The van der Waals surface area contributed by atoms with E-state index < -0.39 is 23.1 Å². The topological polar surface area (TPSA) is 131 Å². The summed E-state index contributed by atoms with van der Waals surface area (Å²) in [5, 5.41) is 27.0. The Balaban J connectivity index is 1.10. The zero-order valence-corrected chi connectivity index (χ0v) is 37.0. The Morgan fingerprint density at radius 3 is 1.48 bits per heavy atom. The van der Waals surface area contributed by atoms with Crippen molar-refractivity contribution in [1.29, 1.82) is 0 Å². The van der Waals surface area contributed by atoms with Crippen LogP contribution in [0.4, 0.5) is 17.1 Å². The molecule has 5 aromatic carbocycles. The number of nitrogens with two attached hydrogens (primary N) is 1. The lowest BCUT2D eigenvalue weighted by molar-refractivity contribution is 0.0974. The number of anilines is 3. The van der Waals surface area contributed by atoms with Crippen molar-refractivity contribution in [3.63, 3.8) is 0 Å². The Morgan fingerprint density at radius 1 is 0.597 bits per heavy atom. The van der Waals surface area contributed by atoms with Crippen molar-refractivity contribution in [2.24, 2.45) is 11.8 Å². The monoisotopic (exact) mass is 834 g/mol. The maximum absolute atomic E-state index is 14.8. The first-order chi connectivity index (χ1) is 29.8. The van der Waals surface area contributed by atoms with Gasteiger partial charge in [-0.15, -0.1) is 0 Å². The highest BCUT2D eigenvalue weighted by molar-refractivity contribution is 6.34. The van der Waals surface area contributed by atoms with E-state index in [1.807, 2.05) is 48.5 Å². The van der Waals surface area contributed by atoms with Gasteiger partial charge in [0.1, 0.15) is 11.5 Å². The molecule has 324 valence electrons. The van der Waals surface area contributed by atoms with Crippen LogP contribution in [0, 0.1) is 11.8 Å². The molecule has 0 radical (unpaired) electrons. The number of rotatable bonds is 12. The molecule has 8 nitrogen and oxygen atoms in total. The van der Waals surface area contributed by atoms with Crippen LogP contribution in [0.15, 0.2) is 84.9 Å². The highest BCUT2D eigenvalue weighted by Gasteiger charge is 2.41. The first kappa shape index (κ1) is 42.9. The molecule has 0 spiro atoms. The SMILES string of the molecule is CCCC1CCC(c2ccc(Oc3cc(N)c4c(c3O)C(=O)c3c(Nc5ccc(C(C)(C)C)cc5)cc(Oc5ccc(C6CCC(CCC)CC6)cc5)c(O)c3C4=O)cc2)CC1. The number of aromatic hydroxyl groups is 2. The smallest absolute Gasteiger partial charge is 0.200 e. The average Bonchev–Trinajstić information content (AvgIpc) is 3.26. The number of carbonyl (C=O) groups is 2. The second-order valence-electron chi connectivity index (χ2n) is 19.0. The molecule has 8 heteroatoms. The van der Waals surface area contributed by atoms with Crippen LogP contribution >= 0.6 is 0 Å². The van der Waals surface area contributed by atoms with Crippen LogP contribution in [0.1, 0.15) is 172 Å². The lowest BCUT2D eigenvalue weighted by atomic mass is 9.77. The molecule has 2 fully saturated rings. The van der Waals surface area contributed by atoms with Gasteiger partial charge in [0.2, 0.25) is 11.6 Å². The van der Waals surface area contributed by atoms with Crippen LogP contribution in [-0.2, 0) is 5.41 Å². The van der Waals surface area contributed by atoms with Crippen LogP contribution < -0.4 is 20.5 Å². The molecule has 0 atom stereocenters. The van der Waals surface area contributed by atoms with Gasteiger partial charge in [0.25, 0.3) is 0 Å². The predicted molar refractivity (Wildman–Crippen MR) is 248 cm³/mol. The highest BCUT2D eigenvalue weighted by atomic mass is 16.5. The first-order valence-corrected chi connectivity index (χ1v) is 22.9. The van der Waals surface area contributed by atoms with Gasteiger partial charge in [-0.3, -0.25) is 9.59 Å². The van der Waals surface area contributed by atoms with Crippen molar-refractivity contribution in [2.45, 2.75) is 129 Å². The second-order valence-corrected chi connectivity index (χ2v) is 19.0. The first-order valence-electron chi connectivity index (χ1n) is 22.9. The largest absolute Gasteiger partial charge is 0.504 e. The third-order valence-corrected chi connectivity index (χ3v) is 13.7. The molecule has 3 aliphatic carbocycles. The van der Waals surface area contributed by atoms with Gasteiger partial charge in [-0.25, -0.2) is 0 Å². The fourth-order valence-electron chi connectivity index (χ4n) is 10.2. The summed E-state index contributed by atoms with van der Waals surface area (Å²) in [6.45, 7) is 10.9. The number of fused-ring (bicyclic) bond motifs is 2. The fourth-order valence-corrected chi connectivity index (χ4v) is 10.2. The number of nitrogen functional groups attached to an aromatic ring is 1. The summed E-state index contributed by atoms with van der Waals surface area (Å²) in [5.41, 5.74) is 10.1. The normalized spacial score (nSPS) is 20.0. The third kappa shape index (κ3) is 8.79. The van der Waals surface area contributed by atoms with E-state index in [9.17, 15) is 19.8 Å². The second kappa shape index (κ2) is 17.9. The summed E-state index contributed by atoms with van der Waals surface area (Å²) >= 11 is 0. The summed E-state index contributed by atoms with van der Waals surface area (Å²) in [5.74, 6) is 1.12. The Morgan fingerprint density at radius 2 is 1.03 bits per heavy atom. The number of hydrogen-bond acceptors (Lipinski definition) is 8. The number of hydrogen-bond donors (Lipinski definition) is 4. The summed E-state index contributed by atoms with van der Waals surface area (Å²) in [6.07, 6.45) is 14.7. The van der Waals surface area contributed by atoms with E-state index in [0.717, 1.165) is 17.4 Å². The summed E-state index contributed by atoms with van der Waals surface area (Å²) < 4.78 is 12.5. The summed E-state index contributed by atoms with van der Waals surface area (Å²) in [4.78, 5) is 29.3. The van der Waals surface area contributed by atoms with Gasteiger partial charge in [-0.1, -0.05) is 96.7 Å². The maximum Gasteiger partial charge on any atom is 0.200 e. The quantitative estimate of drug-likeness (QED) is 0.0708. The Labute approximate surface area is 366 Å². The lowest BCUT2D eigenvalue weighted by Crippen LogP contribution is -2.24. The average molecular weight is 835 g/mol. The van der Waals surface area contributed by atoms with Crippen molar-refractivity contribution >= 4 is 28.6 Å². The van der Waals surface area contributed by atoms with Gasteiger partial charge in [-0.2, -0.15) is 0 Å². The van der Waals surface area contributed by atoms with Gasteiger partial charge in [0, 0.05) is 23.5 Å². The molecule has 0 heterocycles. The van der Waals surface area contributed by atoms with Crippen molar-refractivity contribution in [3.05, 3.63) is 124 Å². The van der Waals surface area contributed by atoms with Crippen LogP contribution in [-0.4, -0.2) is 21.8 Å². The molecule has 0 unspecified atom stereocenters. The number of ketones is 2. The zero-order chi connectivity index (χ0) is 43.7. The van der Waals surface area contributed by atoms with Gasteiger partial charge in [0.15, 0.2) is 23.0 Å². The summed E-state index contributed by atoms with van der Waals surface area (Å²) in [7, 11) is 0. The van der Waals surface area contributed by atoms with Gasteiger partial charge >= 0.3 is 0 Å². The van der Waals surface area contributed by atoms with E-state index >= 15 is 0 Å². The molecule has 0 saturated heterocycles. The molecule has 0 aliphatic heterocycles. The van der Waals surface area contributed by atoms with Crippen LogP contribution in [0.25, 0.3) is 0 Å². The van der Waals surface area contributed by atoms with E-state index in [0.29, 0.717) is 29.0 Å². The number of nitrogens with one attached hydrogen (secondary N) is 1. The molecule has 0 amide bonds. The van der Waals surface area contributed by atoms with E-state index in [-0.39, 0.29) is 50.5 Å². The number of benzene rings is 5. The number of phenolic OH excluding ortho intramolecular Hbond substituents is 2. The minimum absolute atomic E-state index is 0.00446. The minimum atomic E-state index is -0.713. The van der Waals surface area contributed by atoms with E-state index in [4.69, 9.17) is 15.2 Å². The number of ether oxygens (including phenoxy) is 2. The van der Waals surface area contributed by atoms with E-state index in [2.05, 4.69) is 64.2 Å². The van der Waals surface area contributed by atoms with Gasteiger partial charge < -0.3 is 30.7 Å². The highest BCUT2D eigenvalue weighted by Crippen LogP contribution is 2.50. The Hall–Kier alpha value is -5.76. The standard InChI is InChI=1S/C54H62N2O6/c1-6-8-32-10-14-34(15-11-32)36-18-26-40(27-19-36)61-44-30-42(55)46-48(50(44)57)53(60)47-43(56-39-24-22-38(23-25-39)54(3,4)5)31-45(51(58)49(47)52(46)59)62-41-28-20-37(21-29-41)35-16-12-33(9-7-2)13-17-35/h18-35,56-58H,6-17,55H2,1-5H3. The minimum Gasteiger partial charge on any atom is -0.504 e. The molecular formula is C54H62N2O6. The predicted octanol–water partition coefficient (Wildman–Crippen LogP) is 14.2. The van der Waals surface area contributed by atoms with Gasteiger partial charge in [0.05, 0.1) is 27.9 Å². The Kier molecular flexibility index (Phi) is 12.4. The summed E-state index contributed by atoms with van der Waals surface area (Å²) in [6, 6.07) is 26.5. The maximum atomic E-state index is 14.8. The van der Waals surface area contributed by atoms with Crippen LogP contribution in [0.5, 0.6) is 34.5 Å². The number of carbonyl (C=O) groups excluding carboxylic acids is 2. The zero-order valence-electron chi connectivity index (χ0n) is 37.0. The van der Waals surface area contributed by atoms with Crippen molar-refractivity contribution in [2.75, 3.05) is 11.1 Å². The molecule has 0 bridgehead atoms. The number of phenols is 2. The van der Waals surface area contributed by atoms with Crippen molar-refractivity contribution < 1.29 is 29.3 Å². The van der Waals surface area contributed by atoms with Crippen molar-refractivity contribution in [1.82, 2.24) is 0 Å². The molecule has 2 saturated carbocycles. The molecule has 62 heavy (non-hydrogen) atoms. The van der Waals surface area contributed by atoms with E-state index in [1.54, 1.807) is 0 Å². The van der Waals surface area contributed by atoms with Gasteiger partial charge in [-0.05, 0) is 134 Å². The van der Waals surface area contributed by atoms with Crippen molar-refractivity contribution in [3.8, 4) is 34.5 Å². The van der Waals surface area contributed by atoms with E-state index in [1.165, 1.54) is 100 Å². The lowest BCUT2D eigenvalue weighted by Gasteiger charge is -2.28. The van der Waals surface area contributed by atoms with Crippen LogP contribution in [0.3, 0.4) is 0 Å². The molecule has 5 N–H and O–H groups in total. The molecule has 0 aromatic heterocycles. The van der Waals surface area contributed by atoms with Crippen LogP contribution in [0.2, 0.25) is 0 Å². The molecule has 8 rings (SSSR count). The molecule has 5 aromatic rings. The molecule has 3 aliphatic rings. The fraction of sp³-hybridized carbons (Fsp3) is 0.407. The molecular weight excluding hydrogens is 773 g/mol. The Bertz CT molecular complexity index is 2410. The third-order valence-electron chi connectivity index (χ3n) is 13.7.